The predicted octanol–water partition coefficient (Wildman–Crippen LogP) is 17.9. The summed E-state index contributed by atoms with van der Waals surface area (Å²) in [6, 6.07) is 0. The lowest BCUT2D eigenvalue weighted by atomic mass is 10.0. The molecule has 0 heterocycles. The van der Waals surface area contributed by atoms with Crippen molar-refractivity contribution in [3.8, 4) is 0 Å². The van der Waals surface area contributed by atoms with Crippen LogP contribution in [-0.2, 0) is 33.3 Å². The number of carbonyl (C=O) groups is 3. The topological polar surface area (TPSA) is 111 Å². The first kappa shape index (κ1) is 74.7. The maximum atomic E-state index is 12.9. The minimum atomic E-state index is -1.63. The number of aliphatic carboxylic acids is 1. The second-order valence-corrected chi connectivity index (χ2v) is 21.9. The molecule has 0 aromatic rings. The van der Waals surface area contributed by atoms with Gasteiger partial charge in [0.05, 0.1) is 40.3 Å². The highest BCUT2D eigenvalue weighted by molar-refractivity contribution is 5.70. The lowest BCUT2D eigenvalue weighted by Gasteiger charge is -2.26. The summed E-state index contributed by atoms with van der Waals surface area (Å²) in [5, 5.41) is 11.8. The molecule has 0 aliphatic rings. The number of carboxylic acid groups (broad SMARTS) is 1. The zero-order chi connectivity index (χ0) is 57.6. The third kappa shape index (κ3) is 61.2. The van der Waals surface area contributed by atoms with E-state index in [0.717, 1.165) is 116 Å². The van der Waals surface area contributed by atoms with E-state index in [9.17, 15) is 19.5 Å². The van der Waals surface area contributed by atoms with Crippen molar-refractivity contribution in [2.24, 2.45) is 0 Å². The molecule has 9 nitrogen and oxygen atoms in total. The van der Waals surface area contributed by atoms with E-state index < -0.39 is 24.3 Å². The van der Waals surface area contributed by atoms with Crippen molar-refractivity contribution in [2.45, 2.75) is 257 Å². The fourth-order valence-electron chi connectivity index (χ4n) is 8.41. The van der Waals surface area contributed by atoms with Crippen LogP contribution < -0.4 is 5.11 Å². The number of rotatable bonds is 57. The Morgan fingerprint density at radius 1 is 0.380 bits per heavy atom. The normalized spacial score (nSPS) is 13.6. The fraction of sp³-hybridized carbons (Fsp3) is 0.671. The molecule has 2 atom stereocenters. The third-order valence-corrected chi connectivity index (χ3v) is 13.2. The van der Waals surface area contributed by atoms with Gasteiger partial charge in [-0.3, -0.25) is 9.59 Å². The van der Waals surface area contributed by atoms with E-state index in [-0.39, 0.29) is 38.6 Å². The Morgan fingerprint density at radius 3 is 1.01 bits per heavy atom. The monoisotopic (exact) mass is 1100 g/mol. The molecule has 79 heavy (non-hydrogen) atoms. The number of ether oxygens (including phenoxy) is 4. The van der Waals surface area contributed by atoms with Gasteiger partial charge in [-0.1, -0.05) is 251 Å². The number of hydrogen-bond acceptors (Lipinski definition) is 8. The predicted molar refractivity (Wildman–Crippen MR) is 333 cm³/mol. The van der Waals surface area contributed by atoms with Crippen LogP contribution in [0.25, 0.3) is 0 Å². The lowest BCUT2D eigenvalue weighted by molar-refractivity contribution is -0.870. The molecule has 0 saturated carbocycles. The van der Waals surface area contributed by atoms with Crippen LogP contribution in [0.4, 0.5) is 0 Å². The van der Waals surface area contributed by atoms with Crippen molar-refractivity contribution in [3.05, 3.63) is 122 Å². The van der Waals surface area contributed by atoms with E-state index in [4.69, 9.17) is 18.9 Å². The van der Waals surface area contributed by atoms with Gasteiger partial charge in [0.2, 0.25) is 0 Å². The Bertz CT molecular complexity index is 1710. The van der Waals surface area contributed by atoms with Crippen LogP contribution in [0.1, 0.15) is 245 Å². The molecule has 0 N–H and O–H groups in total. The summed E-state index contributed by atoms with van der Waals surface area (Å²) in [5.41, 5.74) is 0. The molecule has 0 radical (unpaired) electrons. The van der Waals surface area contributed by atoms with Gasteiger partial charge in [0.15, 0.2) is 12.4 Å². The molecule has 0 aromatic heterocycles. The largest absolute Gasteiger partial charge is 0.545 e. The van der Waals surface area contributed by atoms with Crippen LogP contribution in [0, 0.1) is 0 Å². The van der Waals surface area contributed by atoms with Crippen LogP contribution in [0.5, 0.6) is 0 Å². The van der Waals surface area contributed by atoms with E-state index in [1.807, 2.05) is 21.1 Å². The Labute approximate surface area is 485 Å². The number of carboxylic acids is 1. The minimum absolute atomic E-state index is 0.140. The summed E-state index contributed by atoms with van der Waals surface area (Å²) in [5.74, 6) is -2.30. The van der Waals surface area contributed by atoms with Crippen molar-refractivity contribution in [1.29, 1.82) is 0 Å². The number of esters is 2. The third-order valence-electron chi connectivity index (χ3n) is 13.2. The maximum Gasteiger partial charge on any atom is 0.306 e. The summed E-state index contributed by atoms with van der Waals surface area (Å²) in [4.78, 5) is 37.4. The summed E-state index contributed by atoms with van der Waals surface area (Å²) < 4.78 is 22.7. The van der Waals surface area contributed by atoms with Gasteiger partial charge in [-0.25, -0.2) is 0 Å². The van der Waals surface area contributed by atoms with Crippen molar-refractivity contribution in [1.82, 2.24) is 0 Å². The van der Waals surface area contributed by atoms with Gasteiger partial charge in [-0.15, -0.1) is 0 Å². The van der Waals surface area contributed by atoms with Crippen LogP contribution >= 0.6 is 0 Å². The molecule has 9 heteroatoms. The van der Waals surface area contributed by atoms with Crippen LogP contribution in [-0.4, -0.2) is 82.3 Å². The van der Waals surface area contributed by atoms with Crippen molar-refractivity contribution >= 4 is 17.9 Å². The van der Waals surface area contributed by atoms with Gasteiger partial charge in [0, 0.05) is 12.8 Å². The van der Waals surface area contributed by atoms with Gasteiger partial charge in [0.25, 0.3) is 0 Å². The molecule has 0 aromatic carbocycles. The molecule has 2 unspecified atom stereocenters. The highest BCUT2D eigenvalue weighted by Gasteiger charge is 2.22. The Balaban J connectivity index is 4.20. The second kappa shape index (κ2) is 59.8. The van der Waals surface area contributed by atoms with Gasteiger partial charge in [-0.2, -0.15) is 0 Å². The number of quaternary nitrogens is 1. The quantitative estimate of drug-likeness (QED) is 0.0195. The molecule has 0 bridgehead atoms. The molecular formula is C70H117NO8. The Kier molecular flexibility index (Phi) is 56.5. The molecule has 450 valence electrons. The van der Waals surface area contributed by atoms with E-state index >= 15 is 0 Å². The number of allylic oxidation sites excluding steroid dienone is 20. The summed E-state index contributed by atoms with van der Waals surface area (Å²) in [7, 11) is 5.92. The van der Waals surface area contributed by atoms with E-state index in [2.05, 4.69) is 135 Å². The fourth-order valence-corrected chi connectivity index (χ4v) is 8.41. The first-order valence-corrected chi connectivity index (χ1v) is 31.7. The number of hydrogen-bond donors (Lipinski definition) is 0. The molecule has 0 aliphatic heterocycles. The van der Waals surface area contributed by atoms with Crippen LogP contribution in [0.3, 0.4) is 0 Å². The Hall–Kier alpha value is -4.31. The average Bonchev–Trinajstić information content (AvgIpc) is 3.42. The standard InChI is InChI=1S/C70H117NO8/c1-6-8-10-12-14-16-18-20-22-24-26-28-30-31-32-33-34-35-36-37-39-41-43-45-47-49-51-53-55-57-59-61-68(73)79-66(65-78-70(69(74)75)76-63-62-71(3,4)5)64-77-67(72)60-58-56-54-52-50-48-46-44-42-40-38-29-27-25-23-21-19-17-15-13-11-9-7-2/h8-11,14-17,20-23,26-29,31-32,40,42,66,70H,6-7,12-13,18-19,24-25,30,33-39,41,43-65H2,1-5H3/b10-8-,11-9-,16-14-,17-15-,22-20-,23-21-,28-26-,29-27-,32-31-,42-40-. The Morgan fingerprint density at radius 2 is 0.684 bits per heavy atom. The highest BCUT2D eigenvalue weighted by atomic mass is 16.7. The number of carbonyl (C=O) groups excluding carboxylic acids is 3. The minimum Gasteiger partial charge on any atom is -0.545 e. The molecule has 0 fully saturated rings. The molecule has 0 rings (SSSR count). The van der Waals surface area contributed by atoms with Crippen molar-refractivity contribution in [3.63, 3.8) is 0 Å². The smallest absolute Gasteiger partial charge is 0.306 e. The van der Waals surface area contributed by atoms with Crippen molar-refractivity contribution < 1.29 is 42.9 Å². The number of unbranched alkanes of at least 4 members (excludes halogenated alkanes) is 22. The van der Waals surface area contributed by atoms with E-state index in [1.165, 1.54) is 96.3 Å². The first-order valence-electron chi connectivity index (χ1n) is 31.7. The van der Waals surface area contributed by atoms with Gasteiger partial charge < -0.3 is 33.3 Å². The van der Waals surface area contributed by atoms with Crippen LogP contribution in [0.15, 0.2) is 122 Å². The zero-order valence-electron chi connectivity index (χ0n) is 51.2. The van der Waals surface area contributed by atoms with Gasteiger partial charge in [-0.05, 0) is 103 Å². The zero-order valence-corrected chi connectivity index (χ0v) is 51.2. The second-order valence-electron chi connectivity index (χ2n) is 21.9. The molecule has 0 saturated heterocycles. The maximum absolute atomic E-state index is 12.9. The average molecular weight is 1100 g/mol. The first-order chi connectivity index (χ1) is 38.6. The highest BCUT2D eigenvalue weighted by Crippen LogP contribution is 2.16. The molecule has 0 amide bonds. The summed E-state index contributed by atoms with van der Waals surface area (Å²) >= 11 is 0. The van der Waals surface area contributed by atoms with Crippen LogP contribution in [0.2, 0.25) is 0 Å². The van der Waals surface area contributed by atoms with Gasteiger partial charge >= 0.3 is 11.9 Å². The molecule has 0 spiro atoms. The summed E-state index contributed by atoms with van der Waals surface area (Å²) in [6.45, 7) is 4.51. The van der Waals surface area contributed by atoms with E-state index in [0.29, 0.717) is 17.4 Å². The lowest BCUT2D eigenvalue weighted by Crippen LogP contribution is -2.44. The summed E-state index contributed by atoms with van der Waals surface area (Å²) in [6.07, 6.45) is 81.1. The van der Waals surface area contributed by atoms with Crippen molar-refractivity contribution in [2.75, 3.05) is 47.5 Å². The number of nitrogens with zero attached hydrogens (tertiary/aromatic N) is 1. The molecular weight excluding hydrogens is 983 g/mol. The van der Waals surface area contributed by atoms with E-state index in [1.54, 1.807) is 0 Å². The van der Waals surface area contributed by atoms with Gasteiger partial charge in [0.1, 0.15) is 13.2 Å². The molecule has 0 aliphatic carbocycles. The SMILES string of the molecule is CC/C=C\C/C=C\C/C=C\C/C=C\C/C=C\CCCCCCCCCCCCCCCCCC(=O)OC(COC(=O)CCCCCCCCC/C=C\C/C=C\C/C=C\C/C=C\C/C=C\CC)COC(OCC[N+](C)(C)C)C(=O)[O-]. The number of likely N-dealkylation sites (N-methyl/N-ethyl adjacent to an activating group) is 1.